The van der Waals surface area contributed by atoms with Crippen molar-refractivity contribution in [3.8, 4) is 5.75 Å². The summed E-state index contributed by atoms with van der Waals surface area (Å²) in [6.45, 7) is 2.40. The lowest BCUT2D eigenvalue weighted by Crippen LogP contribution is -2.41. The highest BCUT2D eigenvalue weighted by molar-refractivity contribution is 7.89. The molecule has 0 saturated heterocycles. The molecule has 0 radical (unpaired) electrons. The van der Waals surface area contributed by atoms with E-state index in [9.17, 15) is 8.42 Å². The summed E-state index contributed by atoms with van der Waals surface area (Å²) in [5, 5.41) is 9.16. The van der Waals surface area contributed by atoms with Crippen molar-refractivity contribution in [2.24, 2.45) is 0 Å². The summed E-state index contributed by atoms with van der Waals surface area (Å²) in [6, 6.07) is 6.30. The number of rotatable bonds is 6. The van der Waals surface area contributed by atoms with Crippen LogP contribution in [0.2, 0.25) is 0 Å². The molecule has 106 valence electrons. The summed E-state index contributed by atoms with van der Waals surface area (Å²) >= 11 is 0. The Kier molecular flexibility index (Phi) is 4.13. The minimum atomic E-state index is -3.50. The Morgan fingerprint density at radius 1 is 1.37 bits per heavy atom. The van der Waals surface area contributed by atoms with Gasteiger partial charge in [-0.2, -0.15) is 0 Å². The molecule has 1 saturated carbocycles. The van der Waals surface area contributed by atoms with E-state index < -0.39 is 10.0 Å². The van der Waals surface area contributed by atoms with Gasteiger partial charge in [0.05, 0.1) is 4.90 Å². The summed E-state index contributed by atoms with van der Waals surface area (Å²) in [5.41, 5.74) is 0. The Morgan fingerprint density at radius 2 is 1.95 bits per heavy atom. The van der Waals surface area contributed by atoms with Crippen LogP contribution in [0.25, 0.3) is 0 Å². The maximum Gasteiger partial charge on any atom is 0.240 e. The number of hydrogen-bond acceptors (Lipinski definition) is 4. The topological polar surface area (TPSA) is 69.6 Å². The van der Waals surface area contributed by atoms with Gasteiger partial charge in [-0.1, -0.05) is 0 Å². The zero-order valence-corrected chi connectivity index (χ0v) is 12.0. The number of sulfonamides is 1. The van der Waals surface area contributed by atoms with E-state index in [4.69, 9.17) is 5.11 Å². The first-order valence-electron chi connectivity index (χ1n) is 6.41. The summed E-state index contributed by atoms with van der Waals surface area (Å²) in [7, 11) is -1.47. The molecule has 0 bridgehead atoms. The lowest BCUT2D eigenvalue weighted by Gasteiger charge is -2.24. The van der Waals surface area contributed by atoms with Crippen LogP contribution in [0.5, 0.6) is 5.75 Å². The quantitative estimate of drug-likeness (QED) is 0.822. The highest BCUT2D eigenvalue weighted by Gasteiger charge is 2.29. The molecule has 1 aromatic rings. The highest BCUT2D eigenvalue weighted by atomic mass is 32.2. The second kappa shape index (κ2) is 5.48. The first kappa shape index (κ1) is 14.3. The molecule has 1 aliphatic rings. The molecule has 19 heavy (non-hydrogen) atoms. The predicted octanol–water partition coefficient (Wildman–Crippen LogP) is 1.15. The van der Waals surface area contributed by atoms with Gasteiger partial charge in [0.25, 0.3) is 0 Å². The van der Waals surface area contributed by atoms with Crippen LogP contribution in [0.3, 0.4) is 0 Å². The molecule has 1 unspecified atom stereocenters. The van der Waals surface area contributed by atoms with Crippen molar-refractivity contribution in [1.82, 2.24) is 9.62 Å². The van der Waals surface area contributed by atoms with E-state index in [0.29, 0.717) is 12.6 Å². The van der Waals surface area contributed by atoms with Crippen molar-refractivity contribution in [3.63, 3.8) is 0 Å². The second-order valence-corrected chi connectivity index (χ2v) is 6.86. The van der Waals surface area contributed by atoms with Crippen molar-refractivity contribution in [2.75, 3.05) is 13.6 Å². The summed E-state index contributed by atoms with van der Waals surface area (Å²) < 4.78 is 26.7. The number of aromatic hydroxyl groups is 1. The van der Waals surface area contributed by atoms with E-state index >= 15 is 0 Å². The average Bonchev–Trinajstić information content (AvgIpc) is 3.20. The second-order valence-electron chi connectivity index (χ2n) is 5.09. The van der Waals surface area contributed by atoms with Gasteiger partial charge in [-0.15, -0.1) is 0 Å². The third kappa shape index (κ3) is 3.68. The SMILES string of the molecule is CC(CNS(=O)(=O)c1ccc(O)cc1)N(C)C1CC1. The Balaban J connectivity index is 1.95. The molecule has 1 aliphatic carbocycles. The van der Waals surface area contributed by atoms with E-state index in [0.717, 1.165) is 0 Å². The van der Waals surface area contributed by atoms with Crippen LogP contribution in [0.1, 0.15) is 19.8 Å². The Labute approximate surface area is 114 Å². The van der Waals surface area contributed by atoms with Crippen molar-refractivity contribution in [3.05, 3.63) is 24.3 Å². The number of benzene rings is 1. The molecule has 2 rings (SSSR count). The van der Waals surface area contributed by atoms with Crippen LogP contribution in [-0.2, 0) is 10.0 Å². The molecular weight excluding hydrogens is 264 g/mol. The summed E-state index contributed by atoms with van der Waals surface area (Å²) in [6.07, 6.45) is 2.40. The van der Waals surface area contributed by atoms with E-state index in [1.807, 2.05) is 14.0 Å². The third-order valence-electron chi connectivity index (χ3n) is 3.53. The van der Waals surface area contributed by atoms with Crippen LogP contribution in [0.15, 0.2) is 29.2 Å². The predicted molar refractivity (Wildman–Crippen MR) is 73.5 cm³/mol. The highest BCUT2D eigenvalue weighted by Crippen LogP contribution is 2.26. The largest absolute Gasteiger partial charge is 0.508 e. The Hall–Kier alpha value is -1.11. The maximum absolute atomic E-state index is 12.0. The van der Waals surface area contributed by atoms with Crippen molar-refractivity contribution in [1.29, 1.82) is 0 Å². The first-order valence-corrected chi connectivity index (χ1v) is 7.89. The number of likely N-dealkylation sites (N-methyl/N-ethyl adjacent to an activating group) is 1. The van der Waals surface area contributed by atoms with Gasteiger partial charge < -0.3 is 5.11 Å². The molecule has 0 aliphatic heterocycles. The fourth-order valence-corrected chi connectivity index (χ4v) is 3.05. The van der Waals surface area contributed by atoms with E-state index in [2.05, 4.69) is 9.62 Å². The van der Waals surface area contributed by atoms with Crippen LogP contribution in [0.4, 0.5) is 0 Å². The molecule has 0 amide bonds. The molecule has 6 heteroatoms. The standard InChI is InChI=1S/C13H20N2O3S/c1-10(15(2)11-3-4-11)9-14-19(17,18)13-7-5-12(16)6-8-13/h5-8,10-11,14,16H,3-4,9H2,1-2H3. The number of phenols is 1. The molecule has 0 aromatic heterocycles. The van der Waals surface area contributed by atoms with Gasteiger partial charge in [0.15, 0.2) is 0 Å². The normalized spacial score (nSPS) is 17.6. The zero-order valence-electron chi connectivity index (χ0n) is 11.2. The van der Waals surface area contributed by atoms with Crippen molar-refractivity contribution >= 4 is 10.0 Å². The van der Waals surface area contributed by atoms with Crippen LogP contribution in [0, 0.1) is 0 Å². The summed E-state index contributed by atoms with van der Waals surface area (Å²) in [4.78, 5) is 2.38. The third-order valence-corrected chi connectivity index (χ3v) is 4.97. The average molecular weight is 284 g/mol. The van der Waals surface area contributed by atoms with Gasteiger partial charge in [-0.05, 0) is 51.1 Å². The first-order chi connectivity index (χ1) is 8.90. The van der Waals surface area contributed by atoms with Crippen molar-refractivity contribution in [2.45, 2.75) is 36.7 Å². The Bertz CT molecular complexity index is 523. The minimum absolute atomic E-state index is 0.0563. The van der Waals surface area contributed by atoms with Crippen LogP contribution >= 0.6 is 0 Å². The number of hydrogen-bond donors (Lipinski definition) is 2. The van der Waals surface area contributed by atoms with Gasteiger partial charge in [-0.3, -0.25) is 4.90 Å². The van der Waals surface area contributed by atoms with E-state index in [1.165, 1.54) is 37.1 Å². The minimum Gasteiger partial charge on any atom is -0.508 e. The van der Waals surface area contributed by atoms with Gasteiger partial charge in [-0.25, -0.2) is 13.1 Å². The Morgan fingerprint density at radius 3 is 2.47 bits per heavy atom. The van der Waals surface area contributed by atoms with Gasteiger partial charge in [0.2, 0.25) is 10.0 Å². The molecule has 2 N–H and O–H groups in total. The molecule has 0 spiro atoms. The lowest BCUT2D eigenvalue weighted by atomic mass is 10.3. The molecule has 0 heterocycles. The summed E-state index contributed by atoms with van der Waals surface area (Å²) in [5.74, 6) is 0.0563. The van der Waals surface area contributed by atoms with Crippen molar-refractivity contribution < 1.29 is 13.5 Å². The molecule has 1 atom stereocenters. The lowest BCUT2D eigenvalue weighted by molar-refractivity contribution is 0.248. The van der Waals surface area contributed by atoms with Gasteiger partial charge in [0, 0.05) is 18.6 Å². The fraction of sp³-hybridized carbons (Fsp3) is 0.538. The molecule has 1 fully saturated rings. The van der Waals surface area contributed by atoms with Gasteiger partial charge >= 0.3 is 0 Å². The fourth-order valence-electron chi connectivity index (χ4n) is 1.92. The molecule has 5 nitrogen and oxygen atoms in total. The smallest absolute Gasteiger partial charge is 0.240 e. The van der Waals surface area contributed by atoms with Crippen LogP contribution in [-0.4, -0.2) is 44.1 Å². The van der Waals surface area contributed by atoms with E-state index in [1.54, 1.807) is 0 Å². The van der Waals surface area contributed by atoms with E-state index in [-0.39, 0.29) is 16.7 Å². The maximum atomic E-state index is 12.0. The molecular formula is C13H20N2O3S. The zero-order chi connectivity index (χ0) is 14.0. The van der Waals surface area contributed by atoms with Gasteiger partial charge in [0.1, 0.15) is 5.75 Å². The number of nitrogens with zero attached hydrogens (tertiary/aromatic N) is 1. The monoisotopic (exact) mass is 284 g/mol. The number of nitrogens with one attached hydrogen (secondary N) is 1. The molecule has 1 aromatic carbocycles. The van der Waals surface area contributed by atoms with Crippen LogP contribution < -0.4 is 4.72 Å². The number of phenolic OH excluding ortho intramolecular Hbond substituents is 1.